The summed E-state index contributed by atoms with van der Waals surface area (Å²) in [4.78, 5) is 27.8. The number of imidazole rings is 1. The SMILES string of the molecule is CC1=CC(c2ccc([N+](=O)[O-])cc2)C(C(=O)n2ccnc2)=C(c2ccoc2)N1. The Balaban J connectivity index is 1.87. The first-order valence-electron chi connectivity index (χ1n) is 8.54. The van der Waals surface area contributed by atoms with Crippen LogP contribution in [0.2, 0.25) is 0 Å². The van der Waals surface area contributed by atoms with Gasteiger partial charge in [-0.15, -0.1) is 0 Å². The lowest BCUT2D eigenvalue weighted by Crippen LogP contribution is -2.27. The highest BCUT2D eigenvalue weighted by molar-refractivity contribution is 6.04. The third kappa shape index (κ3) is 3.11. The number of furan rings is 1. The summed E-state index contributed by atoms with van der Waals surface area (Å²) >= 11 is 0. The number of carbonyl (C=O) groups is 1. The van der Waals surface area contributed by atoms with Crippen LogP contribution in [0.15, 0.2) is 83.3 Å². The number of nitrogens with one attached hydrogen (secondary N) is 1. The van der Waals surface area contributed by atoms with E-state index in [1.54, 1.807) is 30.7 Å². The summed E-state index contributed by atoms with van der Waals surface area (Å²) in [5.41, 5.74) is 3.51. The zero-order chi connectivity index (χ0) is 19.7. The fraction of sp³-hybridized carbons (Fsp3) is 0.100. The minimum atomic E-state index is -0.447. The third-order valence-electron chi connectivity index (χ3n) is 4.56. The normalized spacial score (nSPS) is 16.5. The Bertz CT molecular complexity index is 1080. The lowest BCUT2D eigenvalue weighted by Gasteiger charge is -2.27. The van der Waals surface area contributed by atoms with E-state index < -0.39 is 4.92 Å². The van der Waals surface area contributed by atoms with Crippen LogP contribution >= 0.6 is 0 Å². The van der Waals surface area contributed by atoms with Gasteiger partial charge in [0.2, 0.25) is 0 Å². The number of rotatable bonds is 4. The van der Waals surface area contributed by atoms with Crippen molar-refractivity contribution in [3.63, 3.8) is 0 Å². The van der Waals surface area contributed by atoms with E-state index in [-0.39, 0.29) is 17.5 Å². The topological polar surface area (TPSA) is 103 Å². The molecular formula is C20H16N4O4. The highest BCUT2D eigenvalue weighted by atomic mass is 16.6. The van der Waals surface area contributed by atoms with Crippen molar-refractivity contribution in [2.45, 2.75) is 12.8 Å². The van der Waals surface area contributed by atoms with E-state index in [2.05, 4.69) is 10.3 Å². The molecule has 0 saturated heterocycles. The van der Waals surface area contributed by atoms with Crippen LogP contribution in [0.5, 0.6) is 0 Å². The van der Waals surface area contributed by atoms with Gasteiger partial charge in [-0.05, 0) is 18.6 Å². The first-order chi connectivity index (χ1) is 13.5. The molecule has 8 heteroatoms. The second-order valence-electron chi connectivity index (χ2n) is 6.38. The smallest absolute Gasteiger partial charge is 0.269 e. The first-order valence-corrected chi connectivity index (χ1v) is 8.54. The number of non-ortho nitro benzene ring substituents is 1. The maximum absolute atomic E-state index is 13.3. The van der Waals surface area contributed by atoms with Gasteiger partial charge in [0, 0.05) is 41.7 Å². The fourth-order valence-electron chi connectivity index (χ4n) is 3.25. The summed E-state index contributed by atoms with van der Waals surface area (Å²) < 4.78 is 6.61. The van der Waals surface area contributed by atoms with Crippen LogP contribution in [0.1, 0.15) is 28.8 Å². The molecule has 0 fully saturated rings. The van der Waals surface area contributed by atoms with Gasteiger partial charge in [-0.3, -0.25) is 19.5 Å². The molecular weight excluding hydrogens is 360 g/mol. The van der Waals surface area contributed by atoms with Gasteiger partial charge in [0.25, 0.3) is 11.6 Å². The number of nitro groups is 1. The van der Waals surface area contributed by atoms with E-state index in [0.717, 1.165) is 16.8 Å². The molecule has 140 valence electrons. The molecule has 4 rings (SSSR count). The lowest BCUT2D eigenvalue weighted by molar-refractivity contribution is -0.384. The van der Waals surface area contributed by atoms with Crippen molar-refractivity contribution in [1.82, 2.24) is 14.9 Å². The van der Waals surface area contributed by atoms with Gasteiger partial charge < -0.3 is 9.73 Å². The molecule has 8 nitrogen and oxygen atoms in total. The molecule has 1 aliphatic rings. The summed E-state index contributed by atoms with van der Waals surface area (Å²) in [6.45, 7) is 1.90. The molecule has 1 atom stereocenters. The van der Waals surface area contributed by atoms with Crippen molar-refractivity contribution in [2.24, 2.45) is 0 Å². The molecule has 1 aromatic carbocycles. The van der Waals surface area contributed by atoms with E-state index in [1.165, 1.54) is 35.5 Å². The Kier molecular flexibility index (Phi) is 4.36. The van der Waals surface area contributed by atoms with Crippen molar-refractivity contribution in [3.05, 3.63) is 100 Å². The molecule has 1 N–H and O–H groups in total. The van der Waals surface area contributed by atoms with E-state index in [0.29, 0.717) is 11.3 Å². The average molecular weight is 376 g/mol. The average Bonchev–Trinajstić information content (AvgIpc) is 3.41. The Hall–Kier alpha value is -3.94. The third-order valence-corrected chi connectivity index (χ3v) is 4.56. The molecule has 3 heterocycles. The molecule has 28 heavy (non-hydrogen) atoms. The first kappa shape index (κ1) is 17.5. The number of nitro benzene ring substituents is 1. The van der Waals surface area contributed by atoms with Crippen LogP contribution in [0, 0.1) is 10.1 Å². The summed E-state index contributed by atoms with van der Waals surface area (Å²) in [6, 6.07) is 8.00. The van der Waals surface area contributed by atoms with Crippen LogP contribution in [0.3, 0.4) is 0 Å². The summed E-state index contributed by atoms with van der Waals surface area (Å²) in [6.07, 6.45) is 9.59. The molecule has 0 spiro atoms. The van der Waals surface area contributed by atoms with E-state index in [9.17, 15) is 14.9 Å². The molecule has 0 aliphatic carbocycles. The highest BCUT2D eigenvalue weighted by Gasteiger charge is 2.30. The Morgan fingerprint density at radius 2 is 2.07 bits per heavy atom. The Morgan fingerprint density at radius 1 is 1.29 bits per heavy atom. The monoisotopic (exact) mass is 376 g/mol. The van der Waals surface area contributed by atoms with Crippen molar-refractivity contribution >= 4 is 17.3 Å². The predicted molar refractivity (Wildman–Crippen MR) is 101 cm³/mol. The second kappa shape index (κ2) is 6.99. The van der Waals surface area contributed by atoms with Crippen LogP contribution < -0.4 is 5.32 Å². The number of nitrogens with zero attached hydrogens (tertiary/aromatic N) is 3. The summed E-state index contributed by atoms with van der Waals surface area (Å²) in [5.74, 6) is -0.629. The zero-order valence-corrected chi connectivity index (χ0v) is 14.9. The number of hydrogen-bond donors (Lipinski definition) is 1. The largest absolute Gasteiger partial charge is 0.472 e. The van der Waals surface area contributed by atoms with Gasteiger partial charge in [0.05, 0.1) is 28.7 Å². The van der Waals surface area contributed by atoms with Gasteiger partial charge in [-0.25, -0.2) is 4.98 Å². The lowest BCUT2D eigenvalue weighted by atomic mass is 9.85. The van der Waals surface area contributed by atoms with Gasteiger partial charge in [-0.2, -0.15) is 0 Å². The van der Waals surface area contributed by atoms with E-state index >= 15 is 0 Å². The molecule has 2 aromatic heterocycles. The van der Waals surface area contributed by atoms with Gasteiger partial charge in [-0.1, -0.05) is 18.2 Å². The number of allylic oxidation sites excluding steroid dienone is 3. The maximum atomic E-state index is 13.3. The van der Waals surface area contributed by atoms with Gasteiger partial charge in [0.15, 0.2) is 0 Å². The molecule has 0 radical (unpaired) electrons. The molecule has 1 aliphatic heterocycles. The maximum Gasteiger partial charge on any atom is 0.269 e. The predicted octanol–water partition coefficient (Wildman–Crippen LogP) is 3.73. The zero-order valence-electron chi connectivity index (χ0n) is 14.9. The molecule has 3 aromatic rings. The number of aromatic nitrogens is 2. The van der Waals surface area contributed by atoms with Crippen molar-refractivity contribution in [1.29, 1.82) is 0 Å². The van der Waals surface area contributed by atoms with Gasteiger partial charge in [0.1, 0.15) is 6.33 Å². The summed E-state index contributed by atoms with van der Waals surface area (Å²) in [7, 11) is 0. The van der Waals surface area contributed by atoms with Crippen molar-refractivity contribution in [3.8, 4) is 0 Å². The van der Waals surface area contributed by atoms with E-state index in [4.69, 9.17) is 4.42 Å². The molecule has 0 saturated carbocycles. The molecule has 1 unspecified atom stereocenters. The number of hydrogen-bond acceptors (Lipinski definition) is 6. The van der Waals surface area contributed by atoms with Crippen LogP contribution in [-0.4, -0.2) is 20.4 Å². The van der Waals surface area contributed by atoms with Crippen LogP contribution in [0.4, 0.5) is 5.69 Å². The van der Waals surface area contributed by atoms with Crippen molar-refractivity contribution < 1.29 is 14.1 Å². The summed E-state index contributed by atoms with van der Waals surface area (Å²) in [5, 5.41) is 14.2. The molecule has 0 bridgehead atoms. The number of benzene rings is 1. The molecule has 0 amide bonds. The number of carbonyl (C=O) groups excluding carboxylic acids is 1. The van der Waals surface area contributed by atoms with Crippen molar-refractivity contribution in [2.75, 3.05) is 0 Å². The van der Waals surface area contributed by atoms with Crippen LogP contribution in [-0.2, 0) is 0 Å². The highest BCUT2D eigenvalue weighted by Crippen LogP contribution is 2.37. The Labute approximate surface area is 160 Å². The quantitative estimate of drug-likeness (QED) is 0.550. The minimum absolute atomic E-state index is 0.0000836. The Morgan fingerprint density at radius 3 is 2.68 bits per heavy atom. The minimum Gasteiger partial charge on any atom is -0.472 e. The number of dihydropyridines is 1. The van der Waals surface area contributed by atoms with E-state index in [1.807, 2.05) is 13.0 Å². The second-order valence-corrected chi connectivity index (χ2v) is 6.38. The van der Waals surface area contributed by atoms with Crippen LogP contribution in [0.25, 0.3) is 5.70 Å². The fourth-order valence-corrected chi connectivity index (χ4v) is 3.25. The standard InChI is InChI=1S/C20H16N4O4/c1-13-10-17(14-2-4-16(5-3-14)24(26)27)18(20(25)23-8-7-21-12-23)19(22-13)15-6-9-28-11-15/h2-12,17,22H,1H3. The van der Waals surface area contributed by atoms with Gasteiger partial charge >= 0.3 is 0 Å².